The predicted molar refractivity (Wildman–Crippen MR) is 143 cm³/mol. The molecule has 5 rings (SSSR count). The van der Waals surface area contributed by atoms with Crippen molar-refractivity contribution in [2.24, 2.45) is 5.41 Å². The minimum Gasteiger partial charge on any atom is -0.322 e. The third kappa shape index (κ3) is 4.86. The van der Waals surface area contributed by atoms with E-state index >= 15 is 0 Å². The van der Waals surface area contributed by atoms with Crippen LogP contribution in [0.1, 0.15) is 52.0 Å². The van der Waals surface area contributed by atoms with Crippen LogP contribution in [0.4, 0.5) is 11.4 Å². The van der Waals surface area contributed by atoms with Gasteiger partial charge < -0.3 is 10.2 Å². The second-order valence-electron chi connectivity index (χ2n) is 9.30. The minimum absolute atomic E-state index is 0.0405. The molecule has 0 saturated heterocycles. The van der Waals surface area contributed by atoms with Crippen LogP contribution in [0, 0.1) is 5.41 Å². The Labute approximate surface area is 215 Å². The fraction of sp³-hybridized carbons (Fsp3) is 0.241. The number of nitrogens with zero attached hydrogens (tertiary/aromatic N) is 1. The lowest BCUT2D eigenvalue weighted by Gasteiger charge is -2.32. The van der Waals surface area contributed by atoms with Crippen molar-refractivity contribution >= 4 is 46.4 Å². The van der Waals surface area contributed by atoms with Gasteiger partial charge in [0.1, 0.15) is 0 Å². The highest BCUT2D eigenvalue weighted by Gasteiger charge is 2.35. The standard InChI is InChI=1S/C29H26Cl2N2O2/c30-23-8-6-9-24(31)26(23)27(34)32-22-13-11-20(12-14-22)28(35)33-18-17-29(15-4-1-5-16-29)19-21-7-2-3-10-25(21)33/h2-4,6-15H,1,5,16-19H2,(H,32,34). The van der Waals surface area contributed by atoms with Gasteiger partial charge in [-0.15, -0.1) is 0 Å². The summed E-state index contributed by atoms with van der Waals surface area (Å²) in [6, 6.07) is 20.1. The van der Waals surface area contributed by atoms with Crippen molar-refractivity contribution in [2.75, 3.05) is 16.8 Å². The molecule has 3 aromatic rings. The van der Waals surface area contributed by atoms with Crippen LogP contribution >= 0.6 is 23.2 Å². The zero-order valence-electron chi connectivity index (χ0n) is 19.3. The van der Waals surface area contributed by atoms with Crippen molar-refractivity contribution in [2.45, 2.75) is 32.1 Å². The summed E-state index contributed by atoms with van der Waals surface area (Å²) in [5, 5.41) is 3.38. The lowest BCUT2D eigenvalue weighted by atomic mass is 9.72. The zero-order chi connectivity index (χ0) is 24.4. The first kappa shape index (κ1) is 23.7. The van der Waals surface area contributed by atoms with Gasteiger partial charge in [-0.3, -0.25) is 9.59 Å². The van der Waals surface area contributed by atoms with Crippen molar-refractivity contribution in [3.63, 3.8) is 0 Å². The molecule has 1 aliphatic carbocycles. The van der Waals surface area contributed by atoms with E-state index in [0.29, 0.717) is 17.8 Å². The van der Waals surface area contributed by atoms with Crippen molar-refractivity contribution < 1.29 is 9.59 Å². The summed E-state index contributed by atoms with van der Waals surface area (Å²) < 4.78 is 0. The van der Waals surface area contributed by atoms with Crippen LogP contribution in [-0.4, -0.2) is 18.4 Å². The quantitative estimate of drug-likeness (QED) is 0.374. The lowest BCUT2D eigenvalue weighted by molar-refractivity contribution is 0.0983. The molecule has 1 heterocycles. The van der Waals surface area contributed by atoms with Gasteiger partial charge in [0.2, 0.25) is 0 Å². The van der Waals surface area contributed by atoms with Gasteiger partial charge in [0.05, 0.1) is 15.6 Å². The molecule has 2 amide bonds. The van der Waals surface area contributed by atoms with Crippen LogP contribution in [0.5, 0.6) is 0 Å². The fourth-order valence-corrected chi connectivity index (χ4v) is 5.73. The van der Waals surface area contributed by atoms with Crippen molar-refractivity contribution in [3.05, 3.63) is 106 Å². The Bertz CT molecular complexity index is 1280. The number of benzene rings is 3. The van der Waals surface area contributed by atoms with E-state index in [9.17, 15) is 9.59 Å². The molecule has 1 N–H and O–H groups in total. The van der Waals surface area contributed by atoms with Gasteiger partial charge in [-0.2, -0.15) is 0 Å². The number of fused-ring (bicyclic) bond motifs is 1. The van der Waals surface area contributed by atoms with Gasteiger partial charge in [-0.1, -0.05) is 59.6 Å². The molecule has 3 aromatic carbocycles. The van der Waals surface area contributed by atoms with Crippen molar-refractivity contribution in [3.8, 4) is 0 Å². The van der Waals surface area contributed by atoms with Gasteiger partial charge in [-0.25, -0.2) is 0 Å². The van der Waals surface area contributed by atoms with E-state index < -0.39 is 5.91 Å². The number of anilines is 2. The Balaban J connectivity index is 1.36. The molecular weight excluding hydrogens is 479 g/mol. The van der Waals surface area contributed by atoms with E-state index in [4.69, 9.17) is 23.2 Å². The number of nitrogens with one attached hydrogen (secondary N) is 1. The van der Waals surface area contributed by atoms with Crippen LogP contribution in [0.3, 0.4) is 0 Å². The summed E-state index contributed by atoms with van der Waals surface area (Å²) in [6.07, 6.45) is 10.1. The average molecular weight is 505 g/mol. The van der Waals surface area contributed by atoms with E-state index in [0.717, 1.165) is 31.4 Å². The molecular formula is C29H26Cl2N2O2. The van der Waals surface area contributed by atoms with E-state index in [1.54, 1.807) is 42.5 Å². The highest BCUT2D eigenvalue weighted by molar-refractivity contribution is 6.40. The first-order valence-corrected chi connectivity index (χ1v) is 12.6. The normalized spacial score (nSPS) is 19.2. The topological polar surface area (TPSA) is 49.4 Å². The summed E-state index contributed by atoms with van der Waals surface area (Å²) in [5.41, 5.74) is 3.68. The molecule has 4 nitrogen and oxygen atoms in total. The maximum absolute atomic E-state index is 13.6. The average Bonchev–Trinajstić information content (AvgIpc) is 3.01. The highest BCUT2D eigenvalue weighted by Crippen LogP contribution is 2.43. The third-order valence-electron chi connectivity index (χ3n) is 7.00. The summed E-state index contributed by atoms with van der Waals surface area (Å²) in [4.78, 5) is 28.2. The molecule has 0 bridgehead atoms. The second kappa shape index (κ2) is 9.88. The van der Waals surface area contributed by atoms with Crippen LogP contribution < -0.4 is 10.2 Å². The SMILES string of the molecule is O=C(Nc1ccc(C(=O)N2CCC3(C=CCCC3)Cc3ccccc32)cc1)c1c(Cl)cccc1Cl. The molecule has 0 fully saturated rings. The van der Waals surface area contributed by atoms with Gasteiger partial charge in [-0.05, 0) is 85.5 Å². The summed E-state index contributed by atoms with van der Waals surface area (Å²) >= 11 is 12.3. The first-order chi connectivity index (χ1) is 17.0. The molecule has 1 spiro atoms. The monoisotopic (exact) mass is 504 g/mol. The van der Waals surface area contributed by atoms with Crippen molar-refractivity contribution in [1.29, 1.82) is 0 Å². The van der Waals surface area contributed by atoms with Crippen LogP contribution in [0.25, 0.3) is 0 Å². The summed E-state index contributed by atoms with van der Waals surface area (Å²) in [5.74, 6) is -0.437. The van der Waals surface area contributed by atoms with E-state index in [-0.39, 0.29) is 26.9 Å². The van der Waals surface area contributed by atoms with E-state index in [1.165, 1.54) is 12.0 Å². The number of allylic oxidation sites excluding steroid dienone is 2. The second-order valence-corrected chi connectivity index (χ2v) is 10.1. The molecule has 35 heavy (non-hydrogen) atoms. The lowest BCUT2D eigenvalue weighted by Crippen LogP contribution is -2.33. The molecule has 0 radical (unpaired) electrons. The predicted octanol–water partition coefficient (Wildman–Crippen LogP) is 7.57. The van der Waals surface area contributed by atoms with Crippen LogP contribution in [-0.2, 0) is 6.42 Å². The molecule has 0 saturated carbocycles. The Morgan fingerprint density at radius 1 is 0.886 bits per heavy atom. The van der Waals surface area contributed by atoms with Gasteiger partial charge in [0.25, 0.3) is 11.8 Å². The van der Waals surface area contributed by atoms with E-state index in [1.807, 2.05) is 17.0 Å². The third-order valence-corrected chi connectivity index (χ3v) is 7.63. The Morgan fingerprint density at radius 2 is 1.63 bits per heavy atom. The molecule has 0 aromatic heterocycles. The largest absolute Gasteiger partial charge is 0.322 e. The number of carbonyl (C=O) groups excluding carboxylic acids is 2. The number of rotatable bonds is 3. The highest BCUT2D eigenvalue weighted by atomic mass is 35.5. The number of halogens is 2. The summed E-state index contributed by atoms with van der Waals surface area (Å²) in [7, 11) is 0. The van der Waals surface area contributed by atoms with E-state index in [2.05, 4.69) is 29.6 Å². The fourth-order valence-electron chi connectivity index (χ4n) is 5.16. The minimum atomic E-state index is -0.396. The Kier molecular flexibility index (Phi) is 6.68. The number of hydrogen-bond acceptors (Lipinski definition) is 2. The summed E-state index contributed by atoms with van der Waals surface area (Å²) in [6.45, 7) is 0.670. The maximum atomic E-state index is 13.6. The maximum Gasteiger partial charge on any atom is 0.258 e. The number of para-hydroxylation sites is 1. The van der Waals surface area contributed by atoms with Gasteiger partial charge in [0, 0.05) is 23.5 Å². The Hall–Kier alpha value is -3.08. The molecule has 178 valence electrons. The van der Waals surface area contributed by atoms with Gasteiger partial charge in [0.15, 0.2) is 0 Å². The number of amides is 2. The van der Waals surface area contributed by atoms with Gasteiger partial charge >= 0.3 is 0 Å². The Morgan fingerprint density at radius 3 is 2.34 bits per heavy atom. The van der Waals surface area contributed by atoms with Crippen LogP contribution in [0.15, 0.2) is 78.9 Å². The smallest absolute Gasteiger partial charge is 0.258 e. The molecule has 1 atom stereocenters. The molecule has 1 unspecified atom stereocenters. The van der Waals surface area contributed by atoms with Crippen LogP contribution in [0.2, 0.25) is 10.0 Å². The number of carbonyl (C=O) groups is 2. The zero-order valence-corrected chi connectivity index (χ0v) is 20.8. The molecule has 1 aliphatic heterocycles. The molecule has 6 heteroatoms. The first-order valence-electron chi connectivity index (χ1n) is 11.9. The molecule has 2 aliphatic rings. The van der Waals surface area contributed by atoms with Crippen molar-refractivity contribution in [1.82, 2.24) is 0 Å². The number of hydrogen-bond donors (Lipinski definition) is 1.